The van der Waals surface area contributed by atoms with Gasteiger partial charge in [0.25, 0.3) is 0 Å². The van der Waals surface area contributed by atoms with Crippen LogP contribution in [-0.4, -0.2) is 11.2 Å². The highest BCUT2D eigenvalue weighted by molar-refractivity contribution is 4.98. The summed E-state index contributed by atoms with van der Waals surface area (Å²) in [7, 11) is 0. The van der Waals surface area contributed by atoms with Crippen molar-refractivity contribution in [3.05, 3.63) is 0 Å². The van der Waals surface area contributed by atoms with Crippen LogP contribution in [0.1, 0.15) is 39.0 Å². The van der Waals surface area contributed by atoms with E-state index in [9.17, 15) is 5.11 Å². The van der Waals surface area contributed by atoms with Crippen LogP contribution in [0.4, 0.5) is 0 Å². The van der Waals surface area contributed by atoms with Gasteiger partial charge in [0.05, 0.1) is 6.10 Å². The zero-order valence-electron chi connectivity index (χ0n) is 7.29. The first-order chi connectivity index (χ1) is 5.30. The van der Waals surface area contributed by atoms with Crippen LogP contribution in [0, 0.1) is 17.8 Å². The van der Waals surface area contributed by atoms with Crippen molar-refractivity contribution in [2.75, 3.05) is 0 Å². The Morgan fingerprint density at radius 2 is 1.82 bits per heavy atom. The number of aliphatic hydroxyl groups is 1. The van der Waals surface area contributed by atoms with Crippen molar-refractivity contribution in [2.45, 2.75) is 45.1 Å². The molecule has 4 atom stereocenters. The summed E-state index contributed by atoms with van der Waals surface area (Å²) in [4.78, 5) is 0. The molecule has 2 aliphatic carbocycles. The molecule has 2 saturated carbocycles. The van der Waals surface area contributed by atoms with Crippen molar-refractivity contribution in [3.63, 3.8) is 0 Å². The maximum absolute atomic E-state index is 9.69. The van der Waals surface area contributed by atoms with Crippen molar-refractivity contribution >= 4 is 0 Å². The third kappa shape index (κ3) is 1.31. The molecule has 0 amide bonds. The molecule has 0 aromatic heterocycles. The summed E-state index contributed by atoms with van der Waals surface area (Å²) in [5.74, 6) is 2.38. The summed E-state index contributed by atoms with van der Waals surface area (Å²) in [6, 6.07) is 0. The first kappa shape index (κ1) is 7.60. The van der Waals surface area contributed by atoms with E-state index in [4.69, 9.17) is 0 Å². The second-order valence-electron chi connectivity index (χ2n) is 4.31. The van der Waals surface area contributed by atoms with Crippen LogP contribution >= 0.6 is 0 Å². The summed E-state index contributed by atoms with van der Waals surface area (Å²) in [6.45, 7) is 2.30. The predicted molar refractivity (Wildman–Crippen MR) is 45.2 cm³/mol. The van der Waals surface area contributed by atoms with Crippen LogP contribution in [0.5, 0.6) is 0 Å². The van der Waals surface area contributed by atoms with Gasteiger partial charge < -0.3 is 5.11 Å². The SMILES string of the molecule is C[C@@H]1[C@@H]2CCCCC[C@@H](O)[C@@H]12. The van der Waals surface area contributed by atoms with Gasteiger partial charge in [-0.15, -0.1) is 0 Å². The molecule has 0 saturated heterocycles. The minimum Gasteiger partial charge on any atom is -0.393 e. The Morgan fingerprint density at radius 1 is 1.09 bits per heavy atom. The van der Waals surface area contributed by atoms with Gasteiger partial charge in [0, 0.05) is 0 Å². The quantitative estimate of drug-likeness (QED) is 0.567. The number of aliphatic hydroxyl groups excluding tert-OH is 1. The van der Waals surface area contributed by atoms with Gasteiger partial charge in [-0.1, -0.05) is 26.2 Å². The van der Waals surface area contributed by atoms with Crippen LogP contribution in [0.25, 0.3) is 0 Å². The highest BCUT2D eigenvalue weighted by atomic mass is 16.3. The maximum Gasteiger partial charge on any atom is 0.0573 e. The van der Waals surface area contributed by atoms with Crippen LogP contribution in [0.15, 0.2) is 0 Å². The number of rotatable bonds is 0. The Bertz CT molecular complexity index is 136. The Morgan fingerprint density at radius 3 is 2.64 bits per heavy atom. The fraction of sp³-hybridized carbons (Fsp3) is 1.00. The van der Waals surface area contributed by atoms with Gasteiger partial charge in [-0.25, -0.2) is 0 Å². The van der Waals surface area contributed by atoms with E-state index >= 15 is 0 Å². The highest BCUT2D eigenvalue weighted by Crippen LogP contribution is 2.52. The van der Waals surface area contributed by atoms with Crippen molar-refractivity contribution in [3.8, 4) is 0 Å². The lowest BCUT2D eigenvalue weighted by atomic mass is 9.99. The molecule has 1 heteroatoms. The molecular formula is C10H18O. The van der Waals surface area contributed by atoms with Gasteiger partial charge in [0.2, 0.25) is 0 Å². The monoisotopic (exact) mass is 154 g/mol. The lowest BCUT2D eigenvalue weighted by Crippen LogP contribution is -2.12. The van der Waals surface area contributed by atoms with Gasteiger partial charge in [-0.3, -0.25) is 0 Å². The van der Waals surface area contributed by atoms with E-state index in [0.29, 0.717) is 5.92 Å². The molecule has 11 heavy (non-hydrogen) atoms. The molecule has 0 aliphatic heterocycles. The van der Waals surface area contributed by atoms with E-state index < -0.39 is 0 Å². The molecule has 2 fully saturated rings. The molecular weight excluding hydrogens is 136 g/mol. The first-order valence-corrected chi connectivity index (χ1v) is 4.99. The molecule has 2 rings (SSSR count). The van der Waals surface area contributed by atoms with Crippen molar-refractivity contribution < 1.29 is 5.11 Å². The van der Waals surface area contributed by atoms with Crippen LogP contribution in [-0.2, 0) is 0 Å². The summed E-state index contributed by atoms with van der Waals surface area (Å²) in [5.41, 5.74) is 0. The molecule has 2 aliphatic rings. The third-order valence-electron chi connectivity index (χ3n) is 3.62. The normalized spacial score (nSPS) is 50.7. The number of fused-ring (bicyclic) bond motifs is 1. The highest BCUT2D eigenvalue weighted by Gasteiger charge is 2.49. The van der Waals surface area contributed by atoms with Gasteiger partial charge in [-0.05, 0) is 30.6 Å². The molecule has 1 nitrogen and oxygen atoms in total. The molecule has 64 valence electrons. The molecule has 0 aromatic carbocycles. The Kier molecular flexibility index (Phi) is 1.92. The number of hydrogen-bond acceptors (Lipinski definition) is 1. The molecule has 0 heterocycles. The molecule has 0 radical (unpaired) electrons. The molecule has 0 aromatic rings. The Labute approximate surface area is 68.8 Å². The fourth-order valence-electron chi connectivity index (χ4n) is 2.77. The Hall–Kier alpha value is -0.0400. The summed E-state index contributed by atoms with van der Waals surface area (Å²) in [5, 5.41) is 9.69. The first-order valence-electron chi connectivity index (χ1n) is 4.99. The van der Waals surface area contributed by atoms with Gasteiger partial charge in [0.1, 0.15) is 0 Å². The molecule has 1 N–H and O–H groups in total. The lowest BCUT2D eigenvalue weighted by Gasteiger charge is -2.12. The molecule has 0 bridgehead atoms. The largest absolute Gasteiger partial charge is 0.393 e. The van der Waals surface area contributed by atoms with Crippen LogP contribution in [0.2, 0.25) is 0 Å². The average Bonchev–Trinajstić information content (AvgIpc) is 2.55. The standard InChI is InChI=1S/C10H18O/c1-7-8-5-3-2-4-6-9(11)10(7)8/h7-11H,2-6H2,1H3/t7-,8+,9-,10+/m1/s1. The Balaban J connectivity index is 1.94. The van der Waals surface area contributed by atoms with Gasteiger partial charge in [-0.2, -0.15) is 0 Å². The minimum atomic E-state index is 0.0373. The molecule has 0 spiro atoms. The van der Waals surface area contributed by atoms with Crippen molar-refractivity contribution in [1.82, 2.24) is 0 Å². The second kappa shape index (κ2) is 2.78. The summed E-state index contributed by atoms with van der Waals surface area (Å²) in [6.07, 6.45) is 6.46. The van der Waals surface area contributed by atoms with Crippen molar-refractivity contribution in [2.24, 2.45) is 17.8 Å². The topological polar surface area (TPSA) is 20.2 Å². The van der Waals surface area contributed by atoms with E-state index in [-0.39, 0.29) is 6.10 Å². The zero-order valence-corrected chi connectivity index (χ0v) is 7.29. The smallest absolute Gasteiger partial charge is 0.0573 e. The molecule has 0 unspecified atom stereocenters. The average molecular weight is 154 g/mol. The van der Waals surface area contributed by atoms with Crippen LogP contribution < -0.4 is 0 Å². The van der Waals surface area contributed by atoms with Gasteiger partial charge >= 0.3 is 0 Å². The predicted octanol–water partition coefficient (Wildman–Crippen LogP) is 2.19. The van der Waals surface area contributed by atoms with E-state index in [1.807, 2.05) is 0 Å². The summed E-state index contributed by atoms with van der Waals surface area (Å²) >= 11 is 0. The second-order valence-corrected chi connectivity index (χ2v) is 4.31. The number of hydrogen-bond donors (Lipinski definition) is 1. The van der Waals surface area contributed by atoms with E-state index in [1.165, 1.54) is 25.7 Å². The van der Waals surface area contributed by atoms with E-state index in [0.717, 1.165) is 18.3 Å². The third-order valence-corrected chi connectivity index (χ3v) is 3.62. The lowest BCUT2D eigenvalue weighted by molar-refractivity contribution is 0.123. The van der Waals surface area contributed by atoms with E-state index in [2.05, 4.69) is 6.92 Å². The zero-order chi connectivity index (χ0) is 7.84. The van der Waals surface area contributed by atoms with Crippen LogP contribution in [0.3, 0.4) is 0 Å². The van der Waals surface area contributed by atoms with E-state index in [1.54, 1.807) is 0 Å². The fourth-order valence-corrected chi connectivity index (χ4v) is 2.77. The maximum atomic E-state index is 9.69. The summed E-state index contributed by atoms with van der Waals surface area (Å²) < 4.78 is 0. The minimum absolute atomic E-state index is 0.0373. The van der Waals surface area contributed by atoms with Crippen molar-refractivity contribution in [1.29, 1.82) is 0 Å². The van der Waals surface area contributed by atoms with Gasteiger partial charge in [0.15, 0.2) is 0 Å².